The van der Waals surface area contributed by atoms with Crippen molar-refractivity contribution in [3.63, 3.8) is 0 Å². The van der Waals surface area contributed by atoms with E-state index in [0.717, 1.165) is 11.1 Å². The van der Waals surface area contributed by atoms with Gasteiger partial charge in [0.05, 0.1) is 0 Å². The van der Waals surface area contributed by atoms with Gasteiger partial charge in [-0.05, 0) is 47.6 Å². The van der Waals surface area contributed by atoms with Crippen LogP contribution in [0.2, 0.25) is 0 Å². The molecule has 0 bridgehead atoms. The van der Waals surface area contributed by atoms with Crippen molar-refractivity contribution in [3.8, 4) is 0 Å². The zero-order chi connectivity index (χ0) is 17.5. The zero-order valence-electron chi connectivity index (χ0n) is 13.7. The summed E-state index contributed by atoms with van der Waals surface area (Å²) in [5, 5.41) is 6.35. The van der Waals surface area contributed by atoms with Gasteiger partial charge in [0.2, 0.25) is 0 Å². The Morgan fingerprint density at radius 1 is 1.08 bits per heavy atom. The van der Waals surface area contributed by atoms with Crippen molar-refractivity contribution >= 4 is 23.2 Å². The molecule has 0 fully saturated rings. The first-order chi connectivity index (χ1) is 11.5. The number of nitrogens with zero attached hydrogens (tertiary/aromatic N) is 1. The summed E-state index contributed by atoms with van der Waals surface area (Å²) < 4.78 is 12.9. The van der Waals surface area contributed by atoms with Crippen molar-refractivity contribution in [1.29, 1.82) is 0 Å². The van der Waals surface area contributed by atoms with Crippen LogP contribution in [-0.2, 0) is 13.1 Å². The lowest BCUT2D eigenvalue weighted by atomic mass is 10.1. The van der Waals surface area contributed by atoms with E-state index >= 15 is 0 Å². The summed E-state index contributed by atoms with van der Waals surface area (Å²) in [5.41, 5.74) is 2.64. The van der Waals surface area contributed by atoms with E-state index in [1.807, 2.05) is 24.1 Å². The quantitative estimate of drug-likeness (QED) is 0.818. The number of amides is 1. The maximum Gasteiger partial charge on any atom is 0.251 e. The molecule has 2 aromatic rings. The van der Waals surface area contributed by atoms with Gasteiger partial charge < -0.3 is 15.5 Å². The Kier molecular flexibility index (Phi) is 6.26. The first-order valence-corrected chi connectivity index (χ1v) is 7.95. The van der Waals surface area contributed by atoms with Gasteiger partial charge in [0, 0.05) is 32.7 Å². The Hall–Kier alpha value is -2.47. The first kappa shape index (κ1) is 17.9. The van der Waals surface area contributed by atoms with E-state index in [-0.39, 0.29) is 11.7 Å². The van der Waals surface area contributed by atoms with Crippen LogP contribution in [0.4, 0.5) is 4.39 Å². The lowest BCUT2D eigenvalue weighted by Gasteiger charge is -2.21. The minimum Gasteiger partial charge on any atom is -0.358 e. The number of rotatable bonds is 5. The number of halogens is 1. The fourth-order valence-corrected chi connectivity index (χ4v) is 2.30. The van der Waals surface area contributed by atoms with Crippen LogP contribution >= 0.6 is 12.2 Å². The van der Waals surface area contributed by atoms with Gasteiger partial charge in [-0.2, -0.15) is 0 Å². The van der Waals surface area contributed by atoms with E-state index in [9.17, 15) is 9.18 Å². The number of benzene rings is 2. The van der Waals surface area contributed by atoms with Crippen molar-refractivity contribution in [3.05, 3.63) is 71.0 Å². The van der Waals surface area contributed by atoms with E-state index < -0.39 is 0 Å². The van der Waals surface area contributed by atoms with E-state index in [4.69, 9.17) is 12.2 Å². The lowest BCUT2D eigenvalue weighted by Crippen LogP contribution is -2.36. The van der Waals surface area contributed by atoms with Crippen LogP contribution in [-0.4, -0.2) is 30.0 Å². The summed E-state index contributed by atoms with van der Waals surface area (Å²) in [6.07, 6.45) is 0. The van der Waals surface area contributed by atoms with Gasteiger partial charge >= 0.3 is 0 Å². The SMILES string of the molecule is CNC(=O)c1ccc(CN(C)C(=S)NCc2ccc(F)cc2)cc1. The molecule has 0 heterocycles. The molecule has 0 saturated heterocycles. The molecular weight excluding hydrogens is 325 g/mol. The fraction of sp³-hybridized carbons (Fsp3) is 0.222. The second-order valence-corrected chi connectivity index (χ2v) is 5.80. The highest BCUT2D eigenvalue weighted by atomic mass is 32.1. The summed E-state index contributed by atoms with van der Waals surface area (Å²) in [4.78, 5) is 13.4. The smallest absolute Gasteiger partial charge is 0.251 e. The van der Waals surface area contributed by atoms with Gasteiger partial charge in [-0.3, -0.25) is 4.79 Å². The molecule has 0 aliphatic heterocycles. The molecule has 6 heteroatoms. The molecule has 0 radical (unpaired) electrons. The van der Waals surface area contributed by atoms with Crippen molar-refractivity contribution in [2.75, 3.05) is 14.1 Å². The Bertz CT molecular complexity index is 701. The highest BCUT2D eigenvalue weighted by Gasteiger charge is 2.07. The minimum absolute atomic E-state index is 0.105. The second kappa shape index (κ2) is 8.40. The predicted molar refractivity (Wildman–Crippen MR) is 97.1 cm³/mol. The molecule has 1 amide bonds. The second-order valence-electron chi connectivity index (χ2n) is 5.42. The molecule has 0 atom stereocenters. The molecule has 0 aromatic heterocycles. The van der Waals surface area contributed by atoms with Crippen LogP contribution in [0, 0.1) is 5.82 Å². The third-order valence-electron chi connectivity index (χ3n) is 3.57. The van der Waals surface area contributed by atoms with Crippen LogP contribution in [0.3, 0.4) is 0 Å². The van der Waals surface area contributed by atoms with Gasteiger partial charge in [-0.25, -0.2) is 4.39 Å². The summed E-state index contributed by atoms with van der Waals surface area (Å²) in [6, 6.07) is 13.7. The molecule has 0 aliphatic carbocycles. The lowest BCUT2D eigenvalue weighted by molar-refractivity contribution is 0.0963. The van der Waals surface area contributed by atoms with Gasteiger partial charge in [-0.15, -0.1) is 0 Å². The van der Waals surface area contributed by atoms with Crippen LogP contribution in [0.5, 0.6) is 0 Å². The third kappa shape index (κ3) is 5.03. The average molecular weight is 345 g/mol. The van der Waals surface area contributed by atoms with E-state index in [2.05, 4.69) is 10.6 Å². The number of hydrogen-bond acceptors (Lipinski definition) is 2. The van der Waals surface area contributed by atoms with E-state index in [0.29, 0.717) is 23.8 Å². The fourth-order valence-electron chi connectivity index (χ4n) is 2.17. The van der Waals surface area contributed by atoms with E-state index in [1.165, 1.54) is 12.1 Å². The monoisotopic (exact) mass is 345 g/mol. The maximum absolute atomic E-state index is 12.9. The van der Waals surface area contributed by atoms with Gasteiger partial charge in [0.1, 0.15) is 5.82 Å². The largest absolute Gasteiger partial charge is 0.358 e. The highest BCUT2D eigenvalue weighted by molar-refractivity contribution is 7.80. The molecule has 0 spiro atoms. The molecule has 0 saturated carbocycles. The first-order valence-electron chi connectivity index (χ1n) is 7.54. The van der Waals surface area contributed by atoms with Crippen LogP contribution < -0.4 is 10.6 Å². The number of carbonyl (C=O) groups is 1. The number of thiocarbonyl (C=S) groups is 1. The topological polar surface area (TPSA) is 44.4 Å². The summed E-state index contributed by atoms with van der Waals surface area (Å²) in [7, 11) is 3.50. The maximum atomic E-state index is 12.9. The van der Waals surface area contributed by atoms with Gasteiger partial charge in [-0.1, -0.05) is 24.3 Å². The van der Waals surface area contributed by atoms with Crippen LogP contribution in [0.25, 0.3) is 0 Å². The molecule has 126 valence electrons. The highest BCUT2D eigenvalue weighted by Crippen LogP contribution is 2.08. The summed E-state index contributed by atoms with van der Waals surface area (Å²) in [6.45, 7) is 1.17. The van der Waals surface area contributed by atoms with Crippen molar-refractivity contribution in [1.82, 2.24) is 15.5 Å². The molecule has 4 nitrogen and oxygen atoms in total. The molecule has 2 rings (SSSR count). The standard InChI is InChI=1S/C18H20FN3OS/c1-20-17(23)15-7-3-14(4-8-15)12-22(2)18(24)21-11-13-5-9-16(19)10-6-13/h3-10H,11-12H2,1-2H3,(H,20,23)(H,21,24). The predicted octanol–water partition coefficient (Wildman–Crippen LogP) is 2.69. The number of nitrogens with one attached hydrogen (secondary N) is 2. The van der Waals surface area contributed by atoms with Crippen molar-refractivity contribution in [2.45, 2.75) is 13.1 Å². The molecule has 0 aliphatic rings. The Morgan fingerprint density at radius 2 is 1.67 bits per heavy atom. The summed E-state index contributed by atoms with van der Waals surface area (Å²) in [5.74, 6) is -0.356. The molecule has 0 unspecified atom stereocenters. The molecule has 2 aromatic carbocycles. The molecule has 24 heavy (non-hydrogen) atoms. The molecular formula is C18H20FN3OS. The van der Waals surface area contributed by atoms with Crippen molar-refractivity contribution < 1.29 is 9.18 Å². The van der Waals surface area contributed by atoms with E-state index in [1.54, 1.807) is 31.3 Å². The minimum atomic E-state index is -0.251. The number of carbonyl (C=O) groups excluding carboxylic acids is 1. The Labute approximate surface area is 146 Å². The average Bonchev–Trinajstić information content (AvgIpc) is 2.60. The van der Waals surface area contributed by atoms with Crippen molar-refractivity contribution in [2.24, 2.45) is 0 Å². The van der Waals surface area contributed by atoms with Crippen LogP contribution in [0.15, 0.2) is 48.5 Å². The van der Waals surface area contributed by atoms with Gasteiger partial charge in [0.15, 0.2) is 5.11 Å². The molecule has 2 N–H and O–H groups in total. The Balaban J connectivity index is 1.86. The number of hydrogen-bond donors (Lipinski definition) is 2. The van der Waals surface area contributed by atoms with Gasteiger partial charge in [0.25, 0.3) is 5.91 Å². The Morgan fingerprint density at radius 3 is 2.25 bits per heavy atom. The van der Waals surface area contributed by atoms with Crippen LogP contribution in [0.1, 0.15) is 21.5 Å². The normalized spacial score (nSPS) is 10.1. The summed E-state index contributed by atoms with van der Waals surface area (Å²) >= 11 is 5.36. The zero-order valence-corrected chi connectivity index (χ0v) is 14.5. The third-order valence-corrected chi connectivity index (χ3v) is 4.02.